The maximum atomic E-state index is 12.6. The lowest BCUT2D eigenvalue weighted by molar-refractivity contribution is -0.143. The molecule has 0 aromatic carbocycles. The molecular formula is C14H17FN2O5. The molecule has 1 aromatic heterocycles. The van der Waals surface area contributed by atoms with E-state index in [1.807, 2.05) is 0 Å². The first-order valence-corrected chi connectivity index (χ1v) is 6.98. The number of carbonyl (C=O) groups is 3. The van der Waals surface area contributed by atoms with Gasteiger partial charge in [-0.15, -0.1) is 0 Å². The van der Waals surface area contributed by atoms with Crippen LogP contribution in [0.5, 0.6) is 0 Å². The highest BCUT2D eigenvalue weighted by molar-refractivity contribution is 5.96. The molecule has 0 saturated carbocycles. The van der Waals surface area contributed by atoms with Gasteiger partial charge < -0.3 is 19.7 Å². The summed E-state index contributed by atoms with van der Waals surface area (Å²) >= 11 is 0. The van der Waals surface area contributed by atoms with Gasteiger partial charge in [-0.3, -0.25) is 9.59 Å². The summed E-state index contributed by atoms with van der Waals surface area (Å²) in [5.74, 6) is -2.43. The minimum Gasteiger partial charge on any atom is -0.480 e. The number of rotatable bonds is 5. The number of carboxylic acid groups (broad SMARTS) is 1. The van der Waals surface area contributed by atoms with Gasteiger partial charge in [-0.25, -0.2) is 9.18 Å². The average molecular weight is 312 g/mol. The topological polar surface area (TPSA) is 99.9 Å². The zero-order valence-corrected chi connectivity index (χ0v) is 11.8. The zero-order valence-electron chi connectivity index (χ0n) is 11.8. The monoisotopic (exact) mass is 312 g/mol. The molecule has 2 rings (SSSR count). The molecule has 2 unspecified atom stereocenters. The van der Waals surface area contributed by atoms with Gasteiger partial charge in [-0.1, -0.05) is 0 Å². The molecule has 2 heterocycles. The summed E-state index contributed by atoms with van der Waals surface area (Å²) in [6.45, 7) is -0.842. The predicted molar refractivity (Wildman–Crippen MR) is 72.9 cm³/mol. The summed E-state index contributed by atoms with van der Waals surface area (Å²) in [5.41, 5.74) is 0. The van der Waals surface area contributed by atoms with E-state index in [9.17, 15) is 18.8 Å². The van der Waals surface area contributed by atoms with Crippen molar-refractivity contribution in [3.05, 3.63) is 24.2 Å². The number of halogens is 1. The first-order valence-electron chi connectivity index (χ1n) is 6.98. The van der Waals surface area contributed by atoms with Crippen molar-refractivity contribution in [2.75, 3.05) is 13.2 Å². The number of amides is 2. The fourth-order valence-corrected chi connectivity index (χ4v) is 2.42. The van der Waals surface area contributed by atoms with Gasteiger partial charge in [0.1, 0.15) is 12.7 Å². The molecule has 2 atom stereocenters. The number of hydrogen-bond acceptors (Lipinski definition) is 4. The van der Waals surface area contributed by atoms with Gasteiger partial charge in [0.2, 0.25) is 5.91 Å². The molecule has 0 radical (unpaired) electrons. The highest BCUT2D eigenvalue weighted by Gasteiger charge is 2.35. The molecule has 2 amide bonds. The van der Waals surface area contributed by atoms with Crippen LogP contribution in [0.4, 0.5) is 4.39 Å². The summed E-state index contributed by atoms with van der Waals surface area (Å²) in [4.78, 5) is 36.7. The lowest BCUT2D eigenvalue weighted by atomic mass is 10.0. The van der Waals surface area contributed by atoms with Crippen LogP contribution in [0.1, 0.15) is 29.8 Å². The molecule has 2 N–H and O–H groups in total. The van der Waals surface area contributed by atoms with Crippen molar-refractivity contribution >= 4 is 17.8 Å². The van der Waals surface area contributed by atoms with E-state index in [0.717, 1.165) is 12.8 Å². The Morgan fingerprint density at radius 3 is 2.82 bits per heavy atom. The Morgan fingerprint density at radius 2 is 2.23 bits per heavy atom. The third-order valence-electron chi connectivity index (χ3n) is 3.57. The second-order valence-corrected chi connectivity index (χ2v) is 5.04. The van der Waals surface area contributed by atoms with Crippen LogP contribution in [0.2, 0.25) is 0 Å². The van der Waals surface area contributed by atoms with Gasteiger partial charge in [0.05, 0.1) is 6.26 Å². The van der Waals surface area contributed by atoms with E-state index in [-0.39, 0.29) is 5.76 Å². The van der Waals surface area contributed by atoms with E-state index in [1.54, 1.807) is 6.07 Å². The largest absolute Gasteiger partial charge is 0.480 e. The van der Waals surface area contributed by atoms with Crippen LogP contribution in [-0.2, 0) is 9.59 Å². The molecule has 1 fully saturated rings. The molecule has 0 aliphatic carbocycles. The van der Waals surface area contributed by atoms with E-state index >= 15 is 0 Å². The third kappa shape index (κ3) is 3.44. The highest BCUT2D eigenvalue weighted by Crippen LogP contribution is 2.20. The molecule has 0 bridgehead atoms. The number of piperidine rings is 1. The number of likely N-dealkylation sites (tertiary alicyclic amines) is 1. The number of hydrogen-bond donors (Lipinski definition) is 2. The summed E-state index contributed by atoms with van der Waals surface area (Å²) in [6.07, 6.45) is 3.22. The van der Waals surface area contributed by atoms with Gasteiger partial charge in [-0.05, 0) is 31.4 Å². The Hall–Kier alpha value is -2.38. The molecule has 120 valence electrons. The van der Waals surface area contributed by atoms with Crippen molar-refractivity contribution in [3.63, 3.8) is 0 Å². The molecule has 1 aliphatic heterocycles. The number of alkyl halides is 1. The van der Waals surface area contributed by atoms with Crippen LogP contribution >= 0.6 is 0 Å². The van der Waals surface area contributed by atoms with Crippen molar-refractivity contribution in [1.29, 1.82) is 0 Å². The maximum absolute atomic E-state index is 12.6. The molecule has 1 aromatic rings. The van der Waals surface area contributed by atoms with Gasteiger partial charge >= 0.3 is 5.97 Å². The Kier molecular flexibility index (Phi) is 5.13. The first kappa shape index (κ1) is 16.0. The minimum absolute atomic E-state index is 0.111. The molecule has 1 aliphatic rings. The number of carboxylic acids is 1. The van der Waals surface area contributed by atoms with Gasteiger partial charge in [0, 0.05) is 6.54 Å². The molecule has 1 saturated heterocycles. The third-order valence-corrected chi connectivity index (χ3v) is 3.57. The lowest BCUT2D eigenvalue weighted by Gasteiger charge is -2.34. The lowest BCUT2D eigenvalue weighted by Crippen LogP contribution is -2.55. The standard InChI is InChI=1S/C14H17FN2O5/c15-8-9(14(20)21)16-12(18)10-4-1-2-6-17(10)13(19)11-5-3-7-22-11/h3,5,7,9-10H,1-2,4,6,8H2,(H,16,18)(H,20,21). The van der Waals surface area contributed by atoms with E-state index < -0.39 is 36.5 Å². The summed E-state index contributed by atoms with van der Waals surface area (Å²) in [5, 5.41) is 10.9. The smallest absolute Gasteiger partial charge is 0.328 e. The first-order chi connectivity index (χ1) is 10.5. The van der Waals surface area contributed by atoms with E-state index in [2.05, 4.69) is 5.32 Å². The summed E-state index contributed by atoms with van der Waals surface area (Å²) in [7, 11) is 0. The van der Waals surface area contributed by atoms with Crippen LogP contribution in [0.15, 0.2) is 22.8 Å². The predicted octanol–water partition coefficient (Wildman–Crippen LogP) is 0.813. The second kappa shape index (κ2) is 7.06. The Labute approximate surface area is 126 Å². The quantitative estimate of drug-likeness (QED) is 0.838. The Bertz CT molecular complexity index is 545. The van der Waals surface area contributed by atoms with Crippen molar-refractivity contribution in [1.82, 2.24) is 10.2 Å². The van der Waals surface area contributed by atoms with E-state index in [1.165, 1.54) is 17.2 Å². The number of aliphatic carboxylic acids is 1. The fraction of sp³-hybridized carbons (Fsp3) is 0.500. The zero-order chi connectivity index (χ0) is 16.1. The molecule has 8 heteroatoms. The molecular weight excluding hydrogens is 295 g/mol. The number of carbonyl (C=O) groups excluding carboxylic acids is 2. The van der Waals surface area contributed by atoms with Crippen molar-refractivity contribution < 1.29 is 28.3 Å². The van der Waals surface area contributed by atoms with Crippen LogP contribution in [0.3, 0.4) is 0 Å². The average Bonchev–Trinajstić information content (AvgIpc) is 3.05. The number of furan rings is 1. The Balaban J connectivity index is 2.10. The summed E-state index contributed by atoms with van der Waals surface area (Å²) in [6, 6.07) is 0.637. The van der Waals surface area contributed by atoms with Crippen LogP contribution in [-0.4, -0.2) is 53.1 Å². The second-order valence-electron chi connectivity index (χ2n) is 5.04. The van der Waals surface area contributed by atoms with Crippen molar-refractivity contribution in [3.8, 4) is 0 Å². The van der Waals surface area contributed by atoms with E-state index in [4.69, 9.17) is 9.52 Å². The molecule has 7 nitrogen and oxygen atoms in total. The minimum atomic E-state index is -1.60. The molecule has 22 heavy (non-hydrogen) atoms. The maximum Gasteiger partial charge on any atom is 0.328 e. The van der Waals surface area contributed by atoms with Gasteiger partial charge in [0.15, 0.2) is 11.8 Å². The fourth-order valence-electron chi connectivity index (χ4n) is 2.42. The van der Waals surface area contributed by atoms with Crippen LogP contribution in [0.25, 0.3) is 0 Å². The number of nitrogens with one attached hydrogen (secondary N) is 1. The SMILES string of the molecule is O=C(O)C(CF)NC(=O)C1CCCCN1C(=O)c1ccco1. The van der Waals surface area contributed by atoms with Crippen molar-refractivity contribution in [2.24, 2.45) is 0 Å². The molecule has 0 spiro atoms. The highest BCUT2D eigenvalue weighted by atomic mass is 19.1. The van der Waals surface area contributed by atoms with Crippen LogP contribution in [0, 0.1) is 0 Å². The Morgan fingerprint density at radius 1 is 1.45 bits per heavy atom. The number of nitrogens with zero attached hydrogens (tertiary/aromatic N) is 1. The van der Waals surface area contributed by atoms with Gasteiger partial charge in [0.25, 0.3) is 5.91 Å². The van der Waals surface area contributed by atoms with Crippen LogP contribution < -0.4 is 5.32 Å². The summed E-state index contributed by atoms with van der Waals surface area (Å²) < 4.78 is 17.7. The van der Waals surface area contributed by atoms with E-state index in [0.29, 0.717) is 13.0 Å². The van der Waals surface area contributed by atoms with Crippen molar-refractivity contribution in [2.45, 2.75) is 31.3 Å². The van der Waals surface area contributed by atoms with Gasteiger partial charge in [-0.2, -0.15) is 0 Å². The normalized spacial score (nSPS) is 19.5.